The summed E-state index contributed by atoms with van der Waals surface area (Å²) >= 11 is 0. The van der Waals surface area contributed by atoms with Gasteiger partial charge in [-0.1, -0.05) is 26.0 Å². The van der Waals surface area contributed by atoms with Gasteiger partial charge >= 0.3 is 0 Å². The summed E-state index contributed by atoms with van der Waals surface area (Å²) in [4.78, 5) is 9.37. The van der Waals surface area contributed by atoms with Crippen LogP contribution < -0.4 is 0 Å². The zero-order valence-electron chi connectivity index (χ0n) is 15.3. The van der Waals surface area contributed by atoms with Crippen molar-refractivity contribution in [3.8, 4) is 0 Å². The fraction of sp³-hybridized carbons (Fsp3) is 0.500. The molecule has 8 heteroatoms. The second-order valence-corrected chi connectivity index (χ2v) is 9.50. The highest BCUT2D eigenvalue weighted by Gasteiger charge is 2.31. The second-order valence-electron chi connectivity index (χ2n) is 7.28. The van der Waals surface area contributed by atoms with E-state index in [1.807, 2.05) is 29.8 Å². The van der Waals surface area contributed by atoms with Gasteiger partial charge in [0.05, 0.1) is 35.1 Å². The lowest BCUT2D eigenvalue weighted by molar-refractivity contribution is 0.467. The molecule has 0 aliphatic carbocycles. The standard InChI is InChI=1S/C18H23N5O2S/c1-12(2)18-20-15-6-4-5-7-16(15)22(18)10-17-19-13(3)21-23(17)14-8-9-26(24,25)11-14/h4-7,12,14H,8-11H2,1-3H3. The van der Waals surface area contributed by atoms with Crippen molar-refractivity contribution in [2.24, 2.45) is 0 Å². The Bertz CT molecular complexity index is 1060. The van der Waals surface area contributed by atoms with E-state index in [9.17, 15) is 8.42 Å². The van der Waals surface area contributed by atoms with Gasteiger partial charge in [-0.2, -0.15) is 5.10 Å². The number of hydrogen-bond acceptors (Lipinski definition) is 5. The molecule has 0 bridgehead atoms. The quantitative estimate of drug-likeness (QED) is 0.702. The fourth-order valence-electron chi connectivity index (χ4n) is 3.68. The van der Waals surface area contributed by atoms with Gasteiger partial charge in [0.1, 0.15) is 17.5 Å². The van der Waals surface area contributed by atoms with Crippen LogP contribution >= 0.6 is 0 Å². The third kappa shape index (κ3) is 3.02. The molecule has 3 aromatic rings. The maximum atomic E-state index is 11.9. The van der Waals surface area contributed by atoms with Crippen LogP contribution in [0.4, 0.5) is 0 Å². The monoisotopic (exact) mass is 373 g/mol. The summed E-state index contributed by atoms with van der Waals surface area (Å²) in [6.07, 6.45) is 0.597. The topological polar surface area (TPSA) is 82.7 Å². The van der Waals surface area contributed by atoms with E-state index in [4.69, 9.17) is 4.98 Å². The summed E-state index contributed by atoms with van der Waals surface area (Å²) in [5.41, 5.74) is 2.02. The number of aryl methyl sites for hydroxylation is 1. The number of benzene rings is 1. The molecule has 3 heterocycles. The first kappa shape index (κ1) is 17.2. The molecule has 7 nitrogen and oxygen atoms in total. The van der Waals surface area contributed by atoms with Gasteiger partial charge in [-0.25, -0.2) is 23.1 Å². The van der Waals surface area contributed by atoms with E-state index in [1.165, 1.54) is 0 Å². The van der Waals surface area contributed by atoms with Crippen LogP contribution in [0, 0.1) is 6.92 Å². The highest BCUT2D eigenvalue weighted by Crippen LogP contribution is 2.26. The van der Waals surface area contributed by atoms with E-state index >= 15 is 0 Å². The summed E-state index contributed by atoms with van der Waals surface area (Å²) in [5, 5.41) is 4.50. The predicted octanol–water partition coefficient (Wildman–Crippen LogP) is 2.47. The summed E-state index contributed by atoms with van der Waals surface area (Å²) in [7, 11) is -2.98. The first-order valence-electron chi connectivity index (χ1n) is 8.91. The normalized spacial score (nSPS) is 19.6. The van der Waals surface area contributed by atoms with E-state index in [2.05, 4.69) is 34.6 Å². The van der Waals surface area contributed by atoms with Gasteiger partial charge in [-0.05, 0) is 25.5 Å². The maximum absolute atomic E-state index is 11.9. The van der Waals surface area contributed by atoms with E-state index in [1.54, 1.807) is 0 Å². The first-order chi connectivity index (χ1) is 12.3. The SMILES string of the molecule is Cc1nc(Cn2c(C(C)C)nc3ccccc32)n(C2CCS(=O)(=O)C2)n1. The van der Waals surface area contributed by atoms with Crippen molar-refractivity contribution in [3.63, 3.8) is 0 Å². The van der Waals surface area contributed by atoms with Crippen LogP contribution in [0.5, 0.6) is 0 Å². The fourth-order valence-corrected chi connectivity index (χ4v) is 5.38. The van der Waals surface area contributed by atoms with Crippen molar-refractivity contribution in [2.45, 2.75) is 45.7 Å². The Morgan fingerprint density at radius 1 is 1.23 bits per heavy atom. The van der Waals surface area contributed by atoms with Crippen LogP contribution in [-0.2, 0) is 16.4 Å². The molecule has 4 rings (SSSR count). The number of imidazole rings is 1. The molecule has 1 aromatic carbocycles. The van der Waals surface area contributed by atoms with Crippen molar-refractivity contribution in [1.82, 2.24) is 24.3 Å². The van der Waals surface area contributed by atoms with E-state index in [0.717, 1.165) is 22.7 Å². The first-order valence-corrected chi connectivity index (χ1v) is 10.7. The number of aromatic nitrogens is 5. The molecule has 1 aliphatic heterocycles. The number of sulfone groups is 1. The maximum Gasteiger partial charge on any atom is 0.152 e. The lowest BCUT2D eigenvalue weighted by Gasteiger charge is -2.15. The van der Waals surface area contributed by atoms with E-state index < -0.39 is 9.84 Å². The highest BCUT2D eigenvalue weighted by atomic mass is 32.2. The molecule has 138 valence electrons. The zero-order chi connectivity index (χ0) is 18.5. The van der Waals surface area contributed by atoms with Gasteiger partial charge < -0.3 is 4.57 Å². The highest BCUT2D eigenvalue weighted by molar-refractivity contribution is 7.91. The van der Waals surface area contributed by atoms with Crippen molar-refractivity contribution in [2.75, 3.05) is 11.5 Å². The Morgan fingerprint density at radius 3 is 2.69 bits per heavy atom. The Balaban J connectivity index is 1.77. The van der Waals surface area contributed by atoms with Gasteiger partial charge in [0.15, 0.2) is 9.84 Å². The largest absolute Gasteiger partial charge is 0.320 e. The van der Waals surface area contributed by atoms with Gasteiger partial charge in [-0.3, -0.25) is 0 Å². The smallest absolute Gasteiger partial charge is 0.152 e. The number of rotatable bonds is 4. The summed E-state index contributed by atoms with van der Waals surface area (Å²) in [6, 6.07) is 7.93. The van der Waals surface area contributed by atoms with Gasteiger partial charge in [0, 0.05) is 5.92 Å². The van der Waals surface area contributed by atoms with Crippen molar-refractivity contribution < 1.29 is 8.42 Å². The molecule has 0 spiro atoms. The van der Waals surface area contributed by atoms with Crippen LogP contribution in [0.15, 0.2) is 24.3 Å². The molecule has 26 heavy (non-hydrogen) atoms. The molecular formula is C18H23N5O2S. The van der Waals surface area contributed by atoms with Crippen molar-refractivity contribution in [1.29, 1.82) is 0 Å². The van der Waals surface area contributed by atoms with Crippen LogP contribution in [-0.4, -0.2) is 44.2 Å². The van der Waals surface area contributed by atoms with Crippen LogP contribution in [0.2, 0.25) is 0 Å². The Hall–Kier alpha value is -2.22. The van der Waals surface area contributed by atoms with E-state index in [-0.39, 0.29) is 23.5 Å². The minimum absolute atomic E-state index is 0.131. The molecule has 0 amide bonds. The predicted molar refractivity (Wildman–Crippen MR) is 100.0 cm³/mol. The second kappa shape index (κ2) is 6.19. The Labute approximate surface area is 153 Å². The number of nitrogens with zero attached hydrogens (tertiary/aromatic N) is 5. The molecule has 0 N–H and O–H groups in total. The summed E-state index contributed by atoms with van der Waals surface area (Å²) < 4.78 is 27.8. The number of hydrogen-bond donors (Lipinski definition) is 0. The van der Waals surface area contributed by atoms with Crippen LogP contribution in [0.3, 0.4) is 0 Å². The summed E-state index contributed by atoms with van der Waals surface area (Å²) in [5.74, 6) is 3.09. The third-order valence-corrected chi connectivity index (χ3v) is 6.61. The zero-order valence-corrected chi connectivity index (χ0v) is 16.1. The molecular weight excluding hydrogens is 350 g/mol. The minimum Gasteiger partial charge on any atom is -0.320 e. The van der Waals surface area contributed by atoms with Crippen molar-refractivity contribution in [3.05, 3.63) is 41.7 Å². The average molecular weight is 373 g/mol. The Kier molecular flexibility index (Phi) is 4.10. The van der Waals surface area contributed by atoms with Gasteiger partial charge in [0.25, 0.3) is 0 Å². The van der Waals surface area contributed by atoms with Crippen LogP contribution in [0.25, 0.3) is 11.0 Å². The Morgan fingerprint density at radius 2 is 2.00 bits per heavy atom. The molecule has 0 radical (unpaired) electrons. The minimum atomic E-state index is -2.98. The van der Waals surface area contributed by atoms with Gasteiger partial charge in [-0.15, -0.1) is 0 Å². The molecule has 2 aromatic heterocycles. The molecule has 1 aliphatic rings. The number of para-hydroxylation sites is 2. The lowest BCUT2D eigenvalue weighted by atomic mass is 10.2. The molecule has 1 fully saturated rings. The molecule has 0 saturated carbocycles. The molecule has 1 unspecified atom stereocenters. The van der Waals surface area contributed by atoms with Gasteiger partial charge in [0.2, 0.25) is 0 Å². The molecule has 1 saturated heterocycles. The average Bonchev–Trinajstić information content (AvgIpc) is 3.23. The van der Waals surface area contributed by atoms with E-state index in [0.29, 0.717) is 18.8 Å². The molecule has 1 atom stereocenters. The number of fused-ring (bicyclic) bond motifs is 1. The van der Waals surface area contributed by atoms with Crippen molar-refractivity contribution >= 4 is 20.9 Å². The van der Waals surface area contributed by atoms with Crippen LogP contribution in [0.1, 0.15) is 49.7 Å². The third-order valence-electron chi connectivity index (χ3n) is 4.86. The lowest BCUT2D eigenvalue weighted by Crippen LogP contribution is -2.18. The summed E-state index contributed by atoms with van der Waals surface area (Å²) in [6.45, 7) is 6.62.